The molecule has 0 unspecified atom stereocenters. The number of nitrogens with zero attached hydrogens (tertiary/aromatic N) is 1. The fraction of sp³-hybridized carbons (Fsp3) is 0.846. The molecule has 1 saturated heterocycles. The lowest BCUT2D eigenvalue weighted by atomic mass is 9.92. The van der Waals surface area contributed by atoms with Gasteiger partial charge in [0.2, 0.25) is 10.0 Å². The lowest BCUT2D eigenvalue weighted by Gasteiger charge is -2.36. The lowest BCUT2D eigenvalue weighted by molar-refractivity contribution is -0.144. The van der Waals surface area contributed by atoms with Gasteiger partial charge >= 0.3 is 11.9 Å². The maximum absolute atomic E-state index is 12.3. The Bertz CT molecular complexity index is 475. The Labute approximate surface area is 125 Å². The van der Waals surface area contributed by atoms with E-state index in [-0.39, 0.29) is 25.2 Å². The van der Waals surface area contributed by atoms with E-state index in [9.17, 15) is 18.0 Å². The predicted octanol–water partition coefficient (Wildman–Crippen LogP) is 0.845. The summed E-state index contributed by atoms with van der Waals surface area (Å²) in [5, 5.41) is 9.12. The van der Waals surface area contributed by atoms with Crippen LogP contribution in [0, 0.1) is 5.92 Å². The van der Waals surface area contributed by atoms with Gasteiger partial charge in [0.1, 0.15) is 0 Å². The van der Waals surface area contributed by atoms with Gasteiger partial charge in [-0.3, -0.25) is 9.59 Å². The molecule has 0 aromatic rings. The van der Waals surface area contributed by atoms with Crippen LogP contribution in [0.25, 0.3) is 0 Å². The maximum Gasteiger partial charge on any atom is 0.308 e. The fourth-order valence-corrected chi connectivity index (χ4v) is 4.39. The third-order valence-electron chi connectivity index (χ3n) is 3.69. The zero-order chi connectivity index (χ0) is 16.0. The number of aliphatic carboxylic acids is 1. The normalized spacial score (nSPS) is 23.7. The zero-order valence-electron chi connectivity index (χ0n) is 12.4. The number of ether oxygens (including phenoxy) is 1. The number of hydrogen-bond donors (Lipinski definition) is 1. The second-order valence-electron chi connectivity index (χ2n) is 5.16. The molecule has 8 heteroatoms. The van der Waals surface area contributed by atoms with Crippen molar-refractivity contribution < 1.29 is 27.9 Å². The van der Waals surface area contributed by atoms with Crippen molar-refractivity contribution in [1.82, 2.24) is 4.31 Å². The average Bonchev–Trinajstić information content (AvgIpc) is 2.38. The van der Waals surface area contributed by atoms with Crippen LogP contribution in [0.5, 0.6) is 0 Å². The monoisotopic (exact) mass is 321 g/mol. The van der Waals surface area contributed by atoms with Crippen LogP contribution in [-0.2, 0) is 24.3 Å². The van der Waals surface area contributed by atoms with Gasteiger partial charge in [0.15, 0.2) is 0 Å². The summed E-state index contributed by atoms with van der Waals surface area (Å²) in [6, 6.07) is -0.552. The van der Waals surface area contributed by atoms with Gasteiger partial charge in [-0.1, -0.05) is 0 Å². The first-order valence-corrected chi connectivity index (χ1v) is 8.78. The van der Waals surface area contributed by atoms with Crippen molar-refractivity contribution in [3.05, 3.63) is 0 Å². The first-order chi connectivity index (χ1) is 9.79. The van der Waals surface area contributed by atoms with Crippen LogP contribution in [0.15, 0.2) is 0 Å². The van der Waals surface area contributed by atoms with Crippen molar-refractivity contribution in [2.75, 3.05) is 18.9 Å². The van der Waals surface area contributed by atoms with E-state index in [1.165, 1.54) is 4.31 Å². The number of piperidine rings is 1. The van der Waals surface area contributed by atoms with E-state index < -0.39 is 33.9 Å². The molecule has 1 rings (SSSR count). The molecule has 2 atom stereocenters. The molecule has 1 aliphatic heterocycles. The van der Waals surface area contributed by atoms with Gasteiger partial charge in [0, 0.05) is 19.0 Å². The highest BCUT2D eigenvalue weighted by Gasteiger charge is 2.38. The van der Waals surface area contributed by atoms with Gasteiger partial charge in [0.25, 0.3) is 0 Å². The largest absolute Gasteiger partial charge is 0.481 e. The molecule has 1 N–H and O–H groups in total. The number of hydrogen-bond acceptors (Lipinski definition) is 5. The molecule has 0 aromatic carbocycles. The van der Waals surface area contributed by atoms with Crippen molar-refractivity contribution >= 4 is 22.0 Å². The van der Waals surface area contributed by atoms with Crippen molar-refractivity contribution in [1.29, 1.82) is 0 Å². The molecule has 0 amide bonds. The summed E-state index contributed by atoms with van der Waals surface area (Å²) in [6.07, 6.45) is 1.27. The van der Waals surface area contributed by atoms with E-state index in [4.69, 9.17) is 9.84 Å². The van der Waals surface area contributed by atoms with E-state index in [1.807, 2.05) is 0 Å². The van der Waals surface area contributed by atoms with Crippen LogP contribution in [0.3, 0.4) is 0 Å². The van der Waals surface area contributed by atoms with E-state index >= 15 is 0 Å². The first kappa shape index (κ1) is 17.9. The summed E-state index contributed by atoms with van der Waals surface area (Å²) in [7, 11) is -3.55. The quantitative estimate of drug-likeness (QED) is 0.697. The summed E-state index contributed by atoms with van der Waals surface area (Å²) < 4.78 is 30.6. The molecule has 7 nitrogen and oxygen atoms in total. The molecule has 0 saturated carbocycles. The van der Waals surface area contributed by atoms with Crippen LogP contribution in [0.2, 0.25) is 0 Å². The molecular weight excluding hydrogens is 298 g/mol. The average molecular weight is 321 g/mol. The lowest BCUT2D eigenvalue weighted by Crippen LogP contribution is -2.49. The van der Waals surface area contributed by atoms with Gasteiger partial charge in [-0.2, -0.15) is 4.31 Å². The van der Waals surface area contributed by atoms with Crippen LogP contribution in [-0.4, -0.2) is 54.7 Å². The third kappa shape index (κ3) is 4.96. The minimum absolute atomic E-state index is 0.0532. The Morgan fingerprint density at radius 3 is 2.62 bits per heavy atom. The van der Waals surface area contributed by atoms with Gasteiger partial charge in [-0.15, -0.1) is 0 Å². The summed E-state index contributed by atoms with van der Waals surface area (Å²) in [6.45, 7) is 3.93. The molecule has 0 spiro atoms. The Morgan fingerprint density at radius 1 is 1.38 bits per heavy atom. The molecule has 0 radical (unpaired) electrons. The zero-order valence-corrected chi connectivity index (χ0v) is 13.3. The summed E-state index contributed by atoms with van der Waals surface area (Å²) in [5.41, 5.74) is 0. The van der Waals surface area contributed by atoms with E-state index in [2.05, 4.69) is 0 Å². The highest BCUT2D eigenvalue weighted by molar-refractivity contribution is 7.89. The second-order valence-corrected chi connectivity index (χ2v) is 7.20. The van der Waals surface area contributed by atoms with Crippen LogP contribution < -0.4 is 0 Å². The molecule has 1 fully saturated rings. The maximum atomic E-state index is 12.3. The van der Waals surface area contributed by atoms with Crippen LogP contribution in [0.4, 0.5) is 0 Å². The first-order valence-electron chi connectivity index (χ1n) is 7.17. The standard InChI is InChI=1S/C13H23NO6S/c1-3-20-12(15)7-5-9-21(18,19)14-8-4-6-11(10(14)2)13(16)17/h10-11H,3-9H2,1-2H3,(H,16,17)/t10-,11-/m0/s1. The molecule has 21 heavy (non-hydrogen) atoms. The van der Waals surface area contributed by atoms with Crippen molar-refractivity contribution in [3.63, 3.8) is 0 Å². The van der Waals surface area contributed by atoms with Crippen LogP contribution in [0.1, 0.15) is 39.5 Å². The molecule has 1 heterocycles. The SMILES string of the molecule is CCOC(=O)CCCS(=O)(=O)N1CCC[C@H](C(=O)O)[C@@H]1C. The number of carboxylic acid groups (broad SMARTS) is 1. The number of rotatable bonds is 7. The Morgan fingerprint density at radius 2 is 2.05 bits per heavy atom. The molecule has 0 aliphatic carbocycles. The number of carbonyl (C=O) groups excluding carboxylic acids is 1. The van der Waals surface area contributed by atoms with E-state index in [0.29, 0.717) is 19.4 Å². The van der Waals surface area contributed by atoms with Gasteiger partial charge in [-0.25, -0.2) is 8.42 Å². The number of sulfonamides is 1. The molecule has 1 aliphatic rings. The molecule has 0 bridgehead atoms. The van der Waals surface area contributed by atoms with Crippen molar-refractivity contribution in [2.45, 2.75) is 45.6 Å². The second kappa shape index (κ2) is 7.74. The van der Waals surface area contributed by atoms with E-state index in [1.54, 1.807) is 13.8 Å². The smallest absolute Gasteiger partial charge is 0.308 e. The van der Waals surface area contributed by atoms with Gasteiger partial charge in [-0.05, 0) is 33.1 Å². The highest BCUT2D eigenvalue weighted by atomic mass is 32.2. The Hall–Kier alpha value is -1.15. The number of carboxylic acids is 1. The summed E-state index contributed by atoms with van der Waals surface area (Å²) in [4.78, 5) is 22.3. The van der Waals surface area contributed by atoms with Crippen molar-refractivity contribution in [2.24, 2.45) is 5.92 Å². The Kier molecular flexibility index (Phi) is 6.60. The van der Waals surface area contributed by atoms with Crippen molar-refractivity contribution in [3.8, 4) is 0 Å². The topological polar surface area (TPSA) is 101 Å². The van der Waals surface area contributed by atoms with E-state index in [0.717, 1.165) is 0 Å². The third-order valence-corrected chi connectivity index (χ3v) is 5.73. The Balaban J connectivity index is 2.60. The van der Waals surface area contributed by atoms with Gasteiger partial charge < -0.3 is 9.84 Å². The predicted molar refractivity (Wildman–Crippen MR) is 76.2 cm³/mol. The number of esters is 1. The summed E-state index contributed by atoms with van der Waals surface area (Å²) in [5.74, 6) is -2.21. The van der Waals surface area contributed by atoms with Gasteiger partial charge in [0.05, 0.1) is 18.3 Å². The number of carbonyl (C=O) groups is 2. The molecular formula is C13H23NO6S. The minimum atomic E-state index is -3.55. The van der Waals surface area contributed by atoms with Crippen LogP contribution >= 0.6 is 0 Å². The molecule has 122 valence electrons. The fourth-order valence-electron chi connectivity index (χ4n) is 2.58. The summed E-state index contributed by atoms with van der Waals surface area (Å²) >= 11 is 0. The molecule has 0 aromatic heterocycles. The highest BCUT2D eigenvalue weighted by Crippen LogP contribution is 2.26. The minimum Gasteiger partial charge on any atom is -0.481 e.